The molecule has 0 aliphatic heterocycles. The first-order chi connectivity index (χ1) is 12.0. The minimum Gasteiger partial charge on any atom is -0.394 e. The molecule has 0 aliphatic rings. The molecule has 0 aliphatic carbocycles. The molecule has 1 atom stereocenters. The predicted octanol–water partition coefficient (Wildman–Crippen LogP) is 3.13. The van der Waals surface area contributed by atoms with Crippen LogP contribution in [-0.2, 0) is 4.79 Å². The van der Waals surface area contributed by atoms with E-state index in [0.717, 1.165) is 21.8 Å². The molecule has 0 fully saturated rings. The molecule has 0 saturated carbocycles. The molecular formula is C19H19N3O2S. The number of aliphatic hydroxyl groups is 1. The lowest BCUT2D eigenvalue weighted by Crippen LogP contribution is -2.51. The lowest BCUT2D eigenvalue weighted by atomic mass is 10.0. The zero-order valence-corrected chi connectivity index (χ0v) is 14.6. The number of anilines is 1. The van der Waals surface area contributed by atoms with E-state index >= 15 is 0 Å². The molecule has 128 valence electrons. The fourth-order valence-corrected chi connectivity index (χ4v) is 3.02. The number of nitrogens with zero attached hydrogens (tertiary/aromatic N) is 1. The zero-order chi connectivity index (χ0) is 17.9. The summed E-state index contributed by atoms with van der Waals surface area (Å²) in [7, 11) is 0. The van der Waals surface area contributed by atoms with Crippen LogP contribution in [-0.4, -0.2) is 28.1 Å². The van der Waals surface area contributed by atoms with Crippen molar-refractivity contribution >= 4 is 22.9 Å². The van der Waals surface area contributed by atoms with E-state index < -0.39 is 18.1 Å². The molecule has 1 amide bonds. The minimum absolute atomic E-state index is 0.419. The van der Waals surface area contributed by atoms with Gasteiger partial charge >= 0.3 is 0 Å². The second-order valence-corrected chi connectivity index (χ2v) is 6.87. The SMILES string of the molecule is C[C@](N)(CO)C(=O)Nc1ccc(-c2csc(-c3ccccc3)n2)cc1. The normalized spacial score (nSPS) is 13.2. The Labute approximate surface area is 150 Å². The average molecular weight is 353 g/mol. The fraction of sp³-hybridized carbons (Fsp3) is 0.158. The third-order valence-electron chi connectivity index (χ3n) is 3.81. The van der Waals surface area contributed by atoms with Crippen LogP contribution in [0.2, 0.25) is 0 Å². The van der Waals surface area contributed by atoms with E-state index in [9.17, 15) is 4.79 Å². The van der Waals surface area contributed by atoms with Crippen molar-refractivity contribution in [1.82, 2.24) is 4.98 Å². The second-order valence-electron chi connectivity index (χ2n) is 6.01. The Morgan fingerprint density at radius 2 is 1.84 bits per heavy atom. The van der Waals surface area contributed by atoms with E-state index in [1.54, 1.807) is 23.5 Å². The summed E-state index contributed by atoms with van der Waals surface area (Å²) in [6.45, 7) is 1.06. The fourth-order valence-electron chi connectivity index (χ4n) is 2.19. The van der Waals surface area contributed by atoms with Gasteiger partial charge in [0.2, 0.25) is 5.91 Å². The van der Waals surface area contributed by atoms with E-state index in [4.69, 9.17) is 10.8 Å². The lowest BCUT2D eigenvalue weighted by molar-refractivity contribution is -0.121. The number of aromatic nitrogens is 1. The van der Waals surface area contributed by atoms with Gasteiger partial charge in [0, 0.05) is 22.2 Å². The van der Waals surface area contributed by atoms with Gasteiger partial charge in [-0.15, -0.1) is 11.3 Å². The molecule has 0 bridgehead atoms. The van der Waals surface area contributed by atoms with Gasteiger partial charge in [0.25, 0.3) is 0 Å². The Balaban J connectivity index is 1.75. The summed E-state index contributed by atoms with van der Waals surface area (Å²) in [6.07, 6.45) is 0. The second kappa shape index (κ2) is 7.14. The van der Waals surface area contributed by atoms with Crippen molar-refractivity contribution in [3.8, 4) is 21.8 Å². The van der Waals surface area contributed by atoms with Crippen LogP contribution >= 0.6 is 11.3 Å². The summed E-state index contributed by atoms with van der Waals surface area (Å²) in [5.41, 5.74) is 7.98. The summed E-state index contributed by atoms with van der Waals surface area (Å²) in [4.78, 5) is 16.6. The number of thiazole rings is 1. The maximum atomic E-state index is 12.0. The first kappa shape index (κ1) is 17.3. The van der Waals surface area contributed by atoms with E-state index in [2.05, 4.69) is 10.3 Å². The van der Waals surface area contributed by atoms with Gasteiger partial charge in [0.1, 0.15) is 10.5 Å². The van der Waals surface area contributed by atoms with E-state index in [1.165, 1.54) is 6.92 Å². The highest BCUT2D eigenvalue weighted by Gasteiger charge is 2.27. The molecule has 4 N–H and O–H groups in total. The Morgan fingerprint density at radius 3 is 2.48 bits per heavy atom. The van der Waals surface area contributed by atoms with Gasteiger partial charge < -0.3 is 16.2 Å². The first-order valence-electron chi connectivity index (χ1n) is 7.82. The van der Waals surface area contributed by atoms with Crippen LogP contribution in [0, 0.1) is 0 Å². The van der Waals surface area contributed by atoms with Gasteiger partial charge in [0.05, 0.1) is 12.3 Å². The molecular weight excluding hydrogens is 334 g/mol. The highest BCUT2D eigenvalue weighted by Crippen LogP contribution is 2.29. The van der Waals surface area contributed by atoms with Crippen molar-refractivity contribution in [2.24, 2.45) is 5.73 Å². The van der Waals surface area contributed by atoms with E-state index in [-0.39, 0.29) is 0 Å². The lowest BCUT2D eigenvalue weighted by Gasteiger charge is -2.20. The summed E-state index contributed by atoms with van der Waals surface area (Å²) in [5, 5.41) is 14.8. The van der Waals surface area contributed by atoms with Gasteiger partial charge in [-0.1, -0.05) is 42.5 Å². The van der Waals surface area contributed by atoms with Crippen molar-refractivity contribution in [3.63, 3.8) is 0 Å². The highest BCUT2D eigenvalue weighted by atomic mass is 32.1. The quantitative estimate of drug-likeness (QED) is 0.657. The summed E-state index contributed by atoms with van der Waals surface area (Å²) >= 11 is 1.59. The minimum atomic E-state index is -1.31. The Morgan fingerprint density at radius 1 is 1.16 bits per heavy atom. The van der Waals surface area contributed by atoms with Gasteiger partial charge in [-0.2, -0.15) is 0 Å². The molecule has 0 saturated heterocycles. The third-order valence-corrected chi connectivity index (χ3v) is 4.70. The molecule has 1 heterocycles. The molecule has 2 aromatic carbocycles. The number of hydrogen-bond donors (Lipinski definition) is 3. The number of benzene rings is 2. The molecule has 3 aromatic rings. The maximum absolute atomic E-state index is 12.0. The first-order valence-corrected chi connectivity index (χ1v) is 8.70. The van der Waals surface area contributed by atoms with E-state index in [1.807, 2.05) is 47.8 Å². The van der Waals surface area contributed by atoms with E-state index in [0.29, 0.717) is 5.69 Å². The van der Waals surface area contributed by atoms with Crippen LogP contribution in [0.1, 0.15) is 6.92 Å². The summed E-state index contributed by atoms with van der Waals surface area (Å²) < 4.78 is 0. The standard InChI is InChI=1S/C19H19N3O2S/c1-19(20,12-23)18(24)21-15-9-7-13(8-10-15)16-11-25-17(22-16)14-5-3-2-4-6-14/h2-11,23H,12,20H2,1H3,(H,21,24)/t19-/m0/s1. The molecule has 0 spiro atoms. The maximum Gasteiger partial charge on any atom is 0.246 e. The highest BCUT2D eigenvalue weighted by molar-refractivity contribution is 7.13. The van der Waals surface area contributed by atoms with Crippen LogP contribution < -0.4 is 11.1 Å². The monoisotopic (exact) mass is 353 g/mol. The molecule has 25 heavy (non-hydrogen) atoms. The number of nitrogens with two attached hydrogens (primary N) is 1. The van der Waals surface area contributed by atoms with Crippen LogP contribution in [0.25, 0.3) is 21.8 Å². The predicted molar refractivity (Wildman–Crippen MR) is 101 cm³/mol. The summed E-state index contributed by atoms with van der Waals surface area (Å²) in [6, 6.07) is 17.4. The molecule has 1 aromatic heterocycles. The topological polar surface area (TPSA) is 88.2 Å². The number of amides is 1. The molecule has 0 unspecified atom stereocenters. The van der Waals surface area contributed by atoms with Crippen LogP contribution in [0.5, 0.6) is 0 Å². The number of carbonyl (C=O) groups excluding carboxylic acids is 1. The smallest absolute Gasteiger partial charge is 0.246 e. The van der Waals surface area contributed by atoms with Crippen molar-refractivity contribution in [2.75, 3.05) is 11.9 Å². The van der Waals surface area contributed by atoms with Crippen molar-refractivity contribution in [1.29, 1.82) is 0 Å². The zero-order valence-electron chi connectivity index (χ0n) is 13.8. The molecule has 3 rings (SSSR count). The molecule has 5 nitrogen and oxygen atoms in total. The van der Waals surface area contributed by atoms with Crippen LogP contribution in [0.15, 0.2) is 60.0 Å². The van der Waals surface area contributed by atoms with Crippen molar-refractivity contribution in [3.05, 3.63) is 60.0 Å². The van der Waals surface area contributed by atoms with Gasteiger partial charge in [-0.25, -0.2) is 4.98 Å². The number of hydrogen-bond acceptors (Lipinski definition) is 5. The largest absolute Gasteiger partial charge is 0.394 e. The molecule has 0 radical (unpaired) electrons. The number of nitrogens with one attached hydrogen (secondary N) is 1. The van der Waals surface area contributed by atoms with Crippen LogP contribution in [0.3, 0.4) is 0 Å². The van der Waals surface area contributed by atoms with Crippen LogP contribution in [0.4, 0.5) is 5.69 Å². The Kier molecular flexibility index (Phi) is 4.94. The van der Waals surface area contributed by atoms with Gasteiger partial charge in [-0.3, -0.25) is 4.79 Å². The summed E-state index contributed by atoms with van der Waals surface area (Å²) in [5.74, 6) is -0.428. The van der Waals surface area contributed by atoms with Gasteiger partial charge in [0.15, 0.2) is 0 Å². The Bertz CT molecular complexity index is 858. The third kappa shape index (κ3) is 3.93. The van der Waals surface area contributed by atoms with Gasteiger partial charge in [-0.05, 0) is 19.1 Å². The number of carbonyl (C=O) groups is 1. The van der Waals surface area contributed by atoms with Crippen molar-refractivity contribution in [2.45, 2.75) is 12.5 Å². The Hall–Kier alpha value is -2.54. The average Bonchev–Trinajstić information content (AvgIpc) is 3.13. The number of rotatable bonds is 5. The number of aliphatic hydroxyl groups excluding tert-OH is 1. The van der Waals surface area contributed by atoms with Crippen molar-refractivity contribution < 1.29 is 9.90 Å². The molecule has 6 heteroatoms.